The van der Waals surface area contributed by atoms with E-state index in [0.717, 1.165) is 12.0 Å². The first-order valence-corrected chi connectivity index (χ1v) is 5.76. The quantitative estimate of drug-likeness (QED) is 0.866. The van der Waals surface area contributed by atoms with Crippen molar-refractivity contribution >= 4 is 5.97 Å². The number of phenols is 1. The topological polar surface area (TPSA) is 57.5 Å². The summed E-state index contributed by atoms with van der Waals surface area (Å²) in [5, 5.41) is 18.7. The summed E-state index contributed by atoms with van der Waals surface area (Å²) < 4.78 is 0. The van der Waals surface area contributed by atoms with Gasteiger partial charge in [0.05, 0.1) is 0 Å². The van der Waals surface area contributed by atoms with E-state index < -0.39 is 5.97 Å². The molecule has 0 unspecified atom stereocenters. The van der Waals surface area contributed by atoms with Crippen LogP contribution in [0.25, 0.3) is 0 Å². The summed E-state index contributed by atoms with van der Waals surface area (Å²) in [6.07, 6.45) is 1.35. The van der Waals surface area contributed by atoms with Crippen LogP contribution in [-0.4, -0.2) is 16.2 Å². The maximum absolute atomic E-state index is 11.1. The highest BCUT2D eigenvalue weighted by atomic mass is 16.4. The van der Waals surface area contributed by atoms with Gasteiger partial charge in [0.1, 0.15) is 11.3 Å². The monoisotopic (exact) mass is 242 g/mol. The third-order valence-electron chi connectivity index (χ3n) is 2.87. The van der Waals surface area contributed by atoms with Gasteiger partial charge in [0, 0.05) is 0 Å². The number of carbonyl (C=O) groups is 1. The number of hydrogen-bond acceptors (Lipinski definition) is 2. The summed E-state index contributed by atoms with van der Waals surface area (Å²) in [5.41, 5.74) is 1.82. The Bertz CT molecular complexity index is 547. The van der Waals surface area contributed by atoms with Crippen molar-refractivity contribution in [2.45, 2.75) is 12.8 Å². The normalized spacial score (nSPS) is 10.2. The van der Waals surface area contributed by atoms with Crippen LogP contribution < -0.4 is 0 Å². The Morgan fingerprint density at radius 1 is 0.944 bits per heavy atom. The van der Waals surface area contributed by atoms with Gasteiger partial charge in [0.15, 0.2) is 0 Å². The maximum atomic E-state index is 11.1. The Hall–Kier alpha value is -2.29. The molecule has 0 heterocycles. The molecule has 2 N–H and O–H groups in total. The number of carboxylic acids is 1. The average Bonchev–Trinajstić information content (AvgIpc) is 2.37. The van der Waals surface area contributed by atoms with E-state index in [1.165, 1.54) is 6.07 Å². The predicted octanol–water partition coefficient (Wildman–Crippen LogP) is 2.88. The molecule has 2 aromatic rings. The summed E-state index contributed by atoms with van der Waals surface area (Å²) in [4.78, 5) is 11.1. The van der Waals surface area contributed by atoms with Crippen LogP contribution in [-0.2, 0) is 12.8 Å². The van der Waals surface area contributed by atoms with Gasteiger partial charge in [-0.1, -0.05) is 42.5 Å². The molecule has 0 saturated carbocycles. The molecule has 0 saturated heterocycles. The number of rotatable bonds is 4. The van der Waals surface area contributed by atoms with E-state index >= 15 is 0 Å². The minimum absolute atomic E-state index is 0.00781. The van der Waals surface area contributed by atoms with E-state index in [4.69, 9.17) is 5.11 Å². The minimum atomic E-state index is -1.09. The van der Waals surface area contributed by atoms with Crippen molar-refractivity contribution in [3.05, 3.63) is 65.2 Å². The van der Waals surface area contributed by atoms with E-state index in [1.807, 2.05) is 30.3 Å². The highest BCUT2D eigenvalue weighted by Crippen LogP contribution is 2.22. The Labute approximate surface area is 105 Å². The van der Waals surface area contributed by atoms with Crippen LogP contribution in [0, 0.1) is 0 Å². The summed E-state index contributed by atoms with van der Waals surface area (Å²) in [7, 11) is 0. The summed E-state index contributed by atoms with van der Waals surface area (Å²) >= 11 is 0. The number of carboxylic acid groups (broad SMARTS) is 1. The number of hydrogen-bond donors (Lipinski definition) is 2. The van der Waals surface area contributed by atoms with E-state index in [0.29, 0.717) is 12.0 Å². The molecular weight excluding hydrogens is 228 g/mol. The largest absolute Gasteiger partial charge is 0.507 e. The second kappa shape index (κ2) is 5.36. The van der Waals surface area contributed by atoms with Gasteiger partial charge in [-0.3, -0.25) is 0 Å². The van der Waals surface area contributed by atoms with Gasteiger partial charge in [0.2, 0.25) is 0 Å². The zero-order chi connectivity index (χ0) is 13.0. The standard InChI is InChI=1S/C15H14O3/c16-13-8-4-7-12(14(13)15(17)18)10-9-11-5-2-1-3-6-11/h1-8,16H,9-10H2,(H,17,18). The number of benzene rings is 2. The zero-order valence-electron chi connectivity index (χ0n) is 9.84. The van der Waals surface area contributed by atoms with Crippen LogP contribution in [0.2, 0.25) is 0 Å². The molecule has 3 nitrogen and oxygen atoms in total. The van der Waals surface area contributed by atoms with E-state index in [2.05, 4.69) is 0 Å². The van der Waals surface area contributed by atoms with Crippen molar-refractivity contribution in [1.29, 1.82) is 0 Å². The number of aromatic carboxylic acids is 1. The molecule has 0 atom stereocenters. The molecule has 0 aliphatic rings. The lowest BCUT2D eigenvalue weighted by atomic mass is 9.99. The number of aromatic hydroxyl groups is 1. The molecule has 0 fully saturated rings. The van der Waals surface area contributed by atoms with Gasteiger partial charge >= 0.3 is 5.97 Å². The van der Waals surface area contributed by atoms with E-state index in [-0.39, 0.29) is 11.3 Å². The van der Waals surface area contributed by atoms with Gasteiger partial charge < -0.3 is 10.2 Å². The van der Waals surface area contributed by atoms with Crippen LogP contribution >= 0.6 is 0 Å². The molecular formula is C15H14O3. The Balaban J connectivity index is 2.20. The van der Waals surface area contributed by atoms with Crippen LogP contribution in [0.5, 0.6) is 5.75 Å². The lowest BCUT2D eigenvalue weighted by Gasteiger charge is -2.07. The van der Waals surface area contributed by atoms with Crippen molar-refractivity contribution in [2.24, 2.45) is 0 Å². The molecule has 0 spiro atoms. The fraction of sp³-hybridized carbons (Fsp3) is 0.133. The zero-order valence-corrected chi connectivity index (χ0v) is 9.84. The van der Waals surface area contributed by atoms with Gasteiger partial charge in [-0.25, -0.2) is 4.79 Å². The van der Waals surface area contributed by atoms with Gasteiger partial charge in [-0.2, -0.15) is 0 Å². The highest BCUT2D eigenvalue weighted by molar-refractivity contribution is 5.92. The van der Waals surface area contributed by atoms with Crippen molar-refractivity contribution in [3.63, 3.8) is 0 Å². The third-order valence-corrected chi connectivity index (χ3v) is 2.87. The van der Waals surface area contributed by atoms with E-state index in [1.54, 1.807) is 12.1 Å². The summed E-state index contributed by atoms with van der Waals surface area (Å²) in [6.45, 7) is 0. The number of aryl methyl sites for hydroxylation is 2. The van der Waals surface area contributed by atoms with Crippen LogP contribution in [0.1, 0.15) is 21.5 Å². The van der Waals surface area contributed by atoms with Crippen molar-refractivity contribution in [2.75, 3.05) is 0 Å². The Morgan fingerprint density at radius 2 is 1.67 bits per heavy atom. The van der Waals surface area contributed by atoms with Gasteiger partial charge in [-0.05, 0) is 30.0 Å². The van der Waals surface area contributed by atoms with E-state index in [9.17, 15) is 9.90 Å². The molecule has 2 aromatic carbocycles. The SMILES string of the molecule is O=C(O)c1c(O)cccc1CCc1ccccc1. The molecule has 0 aromatic heterocycles. The maximum Gasteiger partial charge on any atom is 0.339 e. The lowest BCUT2D eigenvalue weighted by molar-refractivity contribution is 0.0692. The Kier molecular flexibility index (Phi) is 3.63. The van der Waals surface area contributed by atoms with Gasteiger partial charge in [-0.15, -0.1) is 0 Å². The lowest BCUT2D eigenvalue weighted by Crippen LogP contribution is -2.04. The third kappa shape index (κ3) is 2.69. The average molecular weight is 242 g/mol. The van der Waals surface area contributed by atoms with Gasteiger partial charge in [0.25, 0.3) is 0 Å². The molecule has 2 rings (SSSR count). The molecule has 0 bridgehead atoms. The fourth-order valence-corrected chi connectivity index (χ4v) is 1.97. The molecule has 0 aliphatic heterocycles. The fourth-order valence-electron chi connectivity index (χ4n) is 1.97. The van der Waals surface area contributed by atoms with Crippen LogP contribution in [0.4, 0.5) is 0 Å². The highest BCUT2D eigenvalue weighted by Gasteiger charge is 2.14. The second-order valence-corrected chi connectivity index (χ2v) is 4.10. The minimum Gasteiger partial charge on any atom is -0.507 e. The summed E-state index contributed by atoms with van der Waals surface area (Å²) in [6, 6.07) is 14.7. The first-order valence-electron chi connectivity index (χ1n) is 5.76. The first kappa shape index (κ1) is 12.2. The first-order chi connectivity index (χ1) is 8.68. The van der Waals surface area contributed by atoms with Crippen molar-refractivity contribution in [3.8, 4) is 5.75 Å². The smallest absolute Gasteiger partial charge is 0.339 e. The summed E-state index contributed by atoms with van der Waals surface area (Å²) in [5.74, 6) is -1.26. The molecule has 18 heavy (non-hydrogen) atoms. The predicted molar refractivity (Wildman–Crippen MR) is 68.9 cm³/mol. The molecule has 0 aliphatic carbocycles. The second-order valence-electron chi connectivity index (χ2n) is 4.10. The molecule has 0 amide bonds. The van der Waals surface area contributed by atoms with Crippen LogP contribution in [0.15, 0.2) is 48.5 Å². The van der Waals surface area contributed by atoms with Crippen molar-refractivity contribution in [1.82, 2.24) is 0 Å². The molecule has 0 radical (unpaired) electrons. The Morgan fingerprint density at radius 3 is 2.33 bits per heavy atom. The molecule has 92 valence electrons. The van der Waals surface area contributed by atoms with Crippen LogP contribution in [0.3, 0.4) is 0 Å². The molecule has 3 heteroatoms. The van der Waals surface area contributed by atoms with Crippen molar-refractivity contribution < 1.29 is 15.0 Å².